The molecule has 0 atom stereocenters. The van der Waals surface area contributed by atoms with Crippen LogP contribution in [0.5, 0.6) is 0 Å². The zero-order valence-electron chi connectivity index (χ0n) is 13.0. The standard InChI is InChI=1S/C12H19N3O2S.C2H6/c1-4-9(11-8-18-12(13)15-11)10(14-2)7-17-6-5-16-3;1-2/h4,8H,5-7H2,1-3H3,(H2,13,15);1-2H3/b9-4+,14-10?;. The summed E-state index contributed by atoms with van der Waals surface area (Å²) in [5.41, 5.74) is 8.31. The zero-order chi connectivity index (χ0) is 15.4. The smallest absolute Gasteiger partial charge is 0.180 e. The third-order valence-corrected chi connectivity index (χ3v) is 3.01. The maximum Gasteiger partial charge on any atom is 0.180 e. The molecule has 0 aliphatic rings. The second-order valence-electron chi connectivity index (χ2n) is 3.49. The molecule has 0 fully saturated rings. The molecule has 0 amide bonds. The molecule has 0 aliphatic carbocycles. The average molecular weight is 299 g/mol. The summed E-state index contributed by atoms with van der Waals surface area (Å²) in [4.78, 5) is 8.51. The van der Waals surface area contributed by atoms with Crippen molar-refractivity contribution in [1.29, 1.82) is 0 Å². The van der Waals surface area contributed by atoms with Crippen LogP contribution in [0.15, 0.2) is 16.4 Å². The van der Waals surface area contributed by atoms with Gasteiger partial charge in [-0.3, -0.25) is 4.99 Å². The first-order valence-electron chi connectivity index (χ1n) is 6.63. The normalized spacial score (nSPS) is 12.1. The predicted octanol–water partition coefficient (Wildman–Crippen LogP) is 2.89. The van der Waals surface area contributed by atoms with Crippen molar-refractivity contribution in [3.63, 3.8) is 0 Å². The molecule has 114 valence electrons. The molecule has 0 radical (unpaired) electrons. The first-order valence-corrected chi connectivity index (χ1v) is 7.51. The molecule has 0 saturated carbocycles. The zero-order valence-corrected chi connectivity index (χ0v) is 13.8. The van der Waals surface area contributed by atoms with Gasteiger partial charge >= 0.3 is 0 Å². The lowest BCUT2D eigenvalue weighted by atomic mass is 10.1. The van der Waals surface area contributed by atoms with Crippen molar-refractivity contribution in [3.8, 4) is 0 Å². The number of hydrogen-bond acceptors (Lipinski definition) is 6. The molecule has 1 aromatic heterocycles. The Morgan fingerprint density at radius 2 is 2.15 bits per heavy atom. The Balaban J connectivity index is 0.00000172. The van der Waals surface area contributed by atoms with Crippen molar-refractivity contribution in [2.75, 3.05) is 39.7 Å². The van der Waals surface area contributed by atoms with Gasteiger partial charge in [0.1, 0.15) is 0 Å². The summed E-state index contributed by atoms with van der Waals surface area (Å²) in [5.74, 6) is 0. The van der Waals surface area contributed by atoms with Crippen molar-refractivity contribution in [3.05, 3.63) is 17.2 Å². The fourth-order valence-corrected chi connectivity index (χ4v) is 2.01. The molecule has 1 aromatic rings. The van der Waals surface area contributed by atoms with Crippen molar-refractivity contribution in [1.82, 2.24) is 4.98 Å². The third kappa shape index (κ3) is 6.27. The molecule has 5 nitrogen and oxygen atoms in total. The minimum Gasteiger partial charge on any atom is -0.382 e. The van der Waals surface area contributed by atoms with Crippen LogP contribution in [-0.2, 0) is 9.47 Å². The van der Waals surface area contributed by atoms with E-state index in [1.54, 1.807) is 14.2 Å². The summed E-state index contributed by atoms with van der Waals surface area (Å²) in [5, 5.41) is 2.48. The summed E-state index contributed by atoms with van der Waals surface area (Å²) >= 11 is 1.42. The van der Waals surface area contributed by atoms with E-state index in [9.17, 15) is 0 Å². The number of ether oxygens (including phenoxy) is 2. The molecule has 0 spiro atoms. The number of hydrogen-bond donors (Lipinski definition) is 1. The minimum absolute atomic E-state index is 0.441. The van der Waals surface area contributed by atoms with E-state index in [1.165, 1.54) is 11.3 Å². The number of nitrogen functional groups attached to an aromatic ring is 1. The molecule has 0 unspecified atom stereocenters. The van der Waals surface area contributed by atoms with E-state index in [0.29, 0.717) is 25.0 Å². The molecule has 0 saturated heterocycles. The highest BCUT2D eigenvalue weighted by atomic mass is 32.1. The predicted molar refractivity (Wildman–Crippen MR) is 87.6 cm³/mol. The minimum atomic E-state index is 0.441. The number of nitrogens with zero attached hydrogens (tertiary/aromatic N) is 2. The van der Waals surface area contributed by atoms with Crippen LogP contribution in [-0.4, -0.2) is 44.7 Å². The maximum atomic E-state index is 5.64. The van der Waals surface area contributed by atoms with Gasteiger partial charge in [-0.25, -0.2) is 4.98 Å². The second kappa shape index (κ2) is 11.6. The molecule has 0 aliphatic heterocycles. The summed E-state index contributed by atoms with van der Waals surface area (Å²) in [6.45, 7) is 7.51. The van der Waals surface area contributed by atoms with Gasteiger partial charge in [0.25, 0.3) is 0 Å². The fourth-order valence-electron chi connectivity index (χ4n) is 1.45. The van der Waals surface area contributed by atoms with Crippen LogP contribution in [0.1, 0.15) is 26.5 Å². The van der Waals surface area contributed by atoms with Crippen LogP contribution >= 0.6 is 11.3 Å². The van der Waals surface area contributed by atoms with Gasteiger partial charge in [0.05, 0.1) is 31.2 Å². The molecular formula is C14H25N3O2S. The lowest BCUT2D eigenvalue weighted by molar-refractivity contribution is 0.0904. The van der Waals surface area contributed by atoms with E-state index in [4.69, 9.17) is 15.2 Å². The van der Waals surface area contributed by atoms with Crippen LogP contribution in [0.25, 0.3) is 5.57 Å². The molecule has 1 heterocycles. The number of rotatable bonds is 7. The van der Waals surface area contributed by atoms with Gasteiger partial charge in [-0.15, -0.1) is 11.3 Å². The van der Waals surface area contributed by atoms with Gasteiger partial charge in [-0.1, -0.05) is 19.9 Å². The number of aromatic nitrogens is 1. The quantitative estimate of drug-likeness (QED) is 0.621. The number of anilines is 1. The highest BCUT2D eigenvalue weighted by Gasteiger charge is 2.11. The molecule has 0 bridgehead atoms. The Hall–Kier alpha value is -1.24. The lowest BCUT2D eigenvalue weighted by Gasteiger charge is -2.09. The van der Waals surface area contributed by atoms with Crippen molar-refractivity contribution in [2.24, 2.45) is 4.99 Å². The maximum absolute atomic E-state index is 5.64. The van der Waals surface area contributed by atoms with Gasteiger partial charge in [0.2, 0.25) is 0 Å². The van der Waals surface area contributed by atoms with Crippen LogP contribution in [0.3, 0.4) is 0 Å². The Morgan fingerprint density at radius 3 is 2.60 bits per heavy atom. The molecule has 6 heteroatoms. The van der Waals surface area contributed by atoms with Gasteiger partial charge in [-0.2, -0.15) is 0 Å². The van der Waals surface area contributed by atoms with Crippen molar-refractivity contribution < 1.29 is 9.47 Å². The van der Waals surface area contributed by atoms with E-state index >= 15 is 0 Å². The Bertz CT molecular complexity index is 428. The van der Waals surface area contributed by atoms with Gasteiger partial charge in [0, 0.05) is 25.1 Å². The fraction of sp³-hybridized carbons (Fsp3) is 0.571. The van der Waals surface area contributed by atoms with Crippen molar-refractivity contribution in [2.45, 2.75) is 20.8 Å². The summed E-state index contributed by atoms with van der Waals surface area (Å²) in [6, 6.07) is 0. The second-order valence-corrected chi connectivity index (χ2v) is 4.38. The Kier molecular flexibility index (Phi) is 10.9. The van der Waals surface area contributed by atoms with Gasteiger partial charge in [-0.05, 0) is 6.92 Å². The van der Waals surface area contributed by atoms with Gasteiger partial charge < -0.3 is 15.2 Å². The molecule has 2 N–H and O–H groups in total. The van der Waals surface area contributed by atoms with E-state index in [0.717, 1.165) is 17.0 Å². The van der Waals surface area contributed by atoms with E-state index in [-0.39, 0.29) is 0 Å². The number of allylic oxidation sites excluding steroid dienone is 1. The number of thiazole rings is 1. The van der Waals surface area contributed by atoms with Crippen LogP contribution in [0, 0.1) is 0 Å². The van der Waals surface area contributed by atoms with Crippen LogP contribution in [0.4, 0.5) is 5.13 Å². The summed E-state index contributed by atoms with van der Waals surface area (Å²) in [7, 11) is 3.39. The summed E-state index contributed by atoms with van der Waals surface area (Å²) < 4.78 is 10.4. The van der Waals surface area contributed by atoms with Gasteiger partial charge in [0.15, 0.2) is 5.13 Å². The van der Waals surface area contributed by atoms with Crippen molar-refractivity contribution >= 4 is 27.8 Å². The average Bonchev–Trinajstić information content (AvgIpc) is 2.90. The SMILES string of the molecule is C/C=C(\C(COCCOC)=NC)c1csc(N)n1.CC. The number of methoxy groups -OCH3 is 1. The first-order chi connectivity index (χ1) is 9.72. The third-order valence-electron chi connectivity index (χ3n) is 2.34. The van der Waals surface area contributed by atoms with Crippen LogP contribution < -0.4 is 5.73 Å². The Morgan fingerprint density at radius 1 is 1.45 bits per heavy atom. The van der Waals surface area contributed by atoms with Crippen LogP contribution in [0.2, 0.25) is 0 Å². The first kappa shape index (κ1) is 18.8. The molecule has 20 heavy (non-hydrogen) atoms. The Labute approximate surface area is 125 Å². The monoisotopic (exact) mass is 299 g/mol. The van der Waals surface area contributed by atoms with E-state index in [2.05, 4.69) is 9.98 Å². The van der Waals surface area contributed by atoms with E-state index in [1.807, 2.05) is 32.2 Å². The lowest BCUT2D eigenvalue weighted by Crippen LogP contribution is -2.14. The highest BCUT2D eigenvalue weighted by Crippen LogP contribution is 2.20. The molecular weight excluding hydrogens is 274 g/mol. The largest absolute Gasteiger partial charge is 0.382 e. The number of nitrogens with two attached hydrogens (primary N) is 1. The van der Waals surface area contributed by atoms with E-state index < -0.39 is 0 Å². The highest BCUT2D eigenvalue weighted by molar-refractivity contribution is 7.13. The number of aliphatic imine (C=N–C) groups is 1. The summed E-state index contributed by atoms with van der Waals surface area (Å²) in [6.07, 6.45) is 1.97. The molecule has 0 aromatic carbocycles. The topological polar surface area (TPSA) is 69.7 Å². The molecule has 1 rings (SSSR count).